The molecule has 0 atom stereocenters. The third kappa shape index (κ3) is 2.71. The summed E-state index contributed by atoms with van der Waals surface area (Å²) in [6.45, 7) is 3.77. The van der Waals surface area contributed by atoms with Gasteiger partial charge >= 0.3 is 5.97 Å². The highest BCUT2D eigenvalue weighted by Crippen LogP contribution is 2.29. The Morgan fingerprint density at radius 1 is 1.25 bits per heavy atom. The number of rotatable bonds is 3. The molecule has 0 aliphatic carbocycles. The second-order valence-electron chi connectivity index (χ2n) is 4.42. The highest BCUT2D eigenvalue weighted by Gasteiger charge is 2.15. The number of hydrogen-bond donors (Lipinski definition) is 1. The first-order valence-corrected chi connectivity index (χ1v) is 6.11. The van der Waals surface area contributed by atoms with Crippen LogP contribution in [0.25, 0.3) is 0 Å². The van der Waals surface area contributed by atoms with Crippen molar-refractivity contribution >= 4 is 11.7 Å². The van der Waals surface area contributed by atoms with Gasteiger partial charge in [-0.3, -0.25) is 0 Å². The molecule has 5 nitrogen and oxygen atoms in total. The number of carbonyl (C=O) groups excluding carboxylic acids is 1. The number of benzene rings is 1. The number of esters is 1. The molecule has 0 bridgehead atoms. The van der Waals surface area contributed by atoms with Gasteiger partial charge in [0.25, 0.3) is 0 Å². The zero-order valence-electron chi connectivity index (χ0n) is 11.6. The first kappa shape index (κ1) is 13.9. The fourth-order valence-corrected chi connectivity index (χ4v) is 1.76. The molecule has 0 saturated carbocycles. The fourth-order valence-electron chi connectivity index (χ4n) is 1.76. The van der Waals surface area contributed by atoms with Gasteiger partial charge in [0.15, 0.2) is 0 Å². The molecule has 0 fully saturated rings. The molecular weight excluding hydrogens is 256 g/mol. The number of hydrogen-bond acceptors (Lipinski definition) is 5. The fraction of sp³-hybridized carbons (Fsp3) is 0.200. The molecular formula is C15H16N2O3. The predicted molar refractivity (Wildman–Crippen MR) is 76.0 cm³/mol. The molecule has 20 heavy (non-hydrogen) atoms. The highest BCUT2D eigenvalue weighted by atomic mass is 16.5. The molecule has 0 unspecified atom stereocenters. The van der Waals surface area contributed by atoms with Crippen molar-refractivity contribution in [1.29, 1.82) is 0 Å². The molecule has 0 aliphatic rings. The Bertz CT molecular complexity index is 654. The van der Waals surface area contributed by atoms with Crippen LogP contribution in [-0.2, 0) is 4.74 Å². The zero-order valence-corrected chi connectivity index (χ0v) is 11.6. The smallest absolute Gasteiger partial charge is 0.343 e. The van der Waals surface area contributed by atoms with E-state index in [0.717, 1.165) is 11.1 Å². The molecule has 0 saturated heterocycles. The topological polar surface area (TPSA) is 74.4 Å². The molecule has 1 aromatic heterocycles. The molecule has 1 heterocycles. The molecule has 1 aromatic carbocycles. The number of carbonyl (C=O) groups is 1. The monoisotopic (exact) mass is 272 g/mol. The van der Waals surface area contributed by atoms with Crippen molar-refractivity contribution in [2.24, 2.45) is 0 Å². The highest BCUT2D eigenvalue weighted by molar-refractivity contribution is 5.91. The van der Waals surface area contributed by atoms with Crippen molar-refractivity contribution in [3.05, 3.63) is 47.2 Å². The van der Waals surface area contributed by atoms with E-state index in [1.54, 1.807) is 18.3 Å². The van der Waals surface area contributed by atoms with Crippen molar-refractivity contribution < 1.29 is 14.3 Å². The number of aromatic nitrogens is 1. The Hall–Kier alpha value is -2.56. The third-order valence-corrected chi connectivity index (χ3v) is 2.95. The molecule has 0 aliphatic heterocycles. The van der Waals surface area contributed by atoms with E-state index in [9.17, 15) is 4.79 Å². The van der Waals surface area contributed by atoms with Gasteiger partial charge in [-0.25, -0.2) is 9.78 Å². The SMILES string of the molecule is COC(=O)c1cccnc1Oc1cc(C)c(N)cc1C. The summed E-state index contributed by atoms with van der Waals surface area (Å²) in [6, 6.07) is 6.90. The molecule has 0 radical (unpaired) electrons. The second-order valence-corrected chi connectivity index (χ2v) is 4.42. The van der Waals surface area contributed by atoms with Crippen LogP contribution in [-0.4, -0.2) is 18.1 Å². The number of nitrogens with zero attached hydrogens (tertiary/aromatic N) is 1. The van der Waals surface area contributed by atoms with Gasteiger partial charge in [0.05, 0.1) is 7.11 Å². The van der Waals surface area contributed by atoms with E-state index in [1.165, 1.54) is 7.11 Å². The van der Waals surface area contributed by atoms with E-state index in [0.29, 0.717) is 11.4 Å². The van der Waals surface area contributed by atoms with Crippen LogP contribution in [0.15, 0.2) is 30.5 Å². The van der Waals surface area contributed by atoms with Crippen LogP contribution in [0.5, 0.6) is 11.6 Å². The maximum Gasteiger partial charge on any atom is 0.343 e. The summed E-state index contributed by atoms with van der Waals surface area (Å²) in [7, 11) is 1.32. The summed E-state index contributed by atoms with van der Waals surface area (Å²) in [5.41, 5.74) is 8.59. The summed E-state index contributed by atoms with van der Waals surface area (Å²) in [4.78, 5) is 15.8. The maximum atomic E-state index is 11.7. The Balaban J connectivity index is 2.40. The lowest BCUT2D eigenvalue weighted by atomic mass is 10.1. The summed E-state index contributed by atoms with van der Waals surface area (Å²) in [5.74, 6) is 0.338. The number of pyridine rings is 1. The Kier molecular flexibility index (Phi) is 3.89. The van der Waals surface area contributed by atoms with E-state index in [1.807, 2.05) is 26.0 Å². The average Bonchev–Trinajstić information content (AvgIpc) is 2.44. The number of nitrogens with two attached hydrogens (primary N) is 1. The predicted octanol–water partition coefficient (Wildman–Crippen LogP) is 2.86. The van der Waals surface area contributed by atoms with Gasteiger partial charge in [0.1, 0.15) is 11.3 Å². The summed E-state index contributed by atoms with van der Waals surface area (Å²) in [6.07, 6.45) is 1.56. The normalized spacial score (nSPS) is 10.2. The van der Waals surface area contributed by atoms with E-state index >= 15 is 0 Å². The lowest BCUT2D eigenvalue weighted by molar-refractivity contribution is 0.0597. The minimum absolute atomic E-state index is 0.214. The van der Waals surface area contributed by atoms with Crippen LogP contribution in [0, 0.1) is 13.8 Å². The quantitative estimate of drug-likeness (QED) is 0.687. The molecule has 2 N–H and O–H groups in total. The number of methoxy groups -OCH3 is 1. The minimum Gasteiger partial charge on any atom is -0.465 e. The van der Waals surface area contributed by atoms with Crippen LogP contribution in [0.2, 0.25) is 0 Å². The van der Waals surface area contributed by atoms with Gasteiger partial charge in [-0.2, -0.15) is 0 Å². The van der Waals surface area contributed by atoms with Gasteiger partial charge in [0.2, 0.25) is 5.88 Å². The number of nitrogen functional groups attached to an aromatic ring is 1. The number of anilines is 1. The summed E-state index contributed by atoms with van der Waals surface area (Å²) >= 11 is 0. The Morgan fingerprint density at radius 3 is 2.70 bits per heavy atom. The van der Waals surface area contributed by atoms with Crippen molar-refractivity contribution in [3.8, 4) is 11.6 Å². The van der Waals surface area contributed by atoms with E-state index in [-0.39, 0.29) is 11.4 Å². The molecule has 0 spiro atoms. The van der Waals surface area contributed by atoms with Crippen LogP contribution in [0.3, 0.4) is 0 Å². The minimum atomic E-state index is -0.488. The van der Waals surface area contributed by atoms with Gasteiger partial charge in [-0.1, -0.05) is 0 Å². The first-order chi connectivity index (χ1) is 9.52. The molecule has 0 amide bonds. The Morgan fingerprint density at radius 2 is 2.00 bits per heavy atom. The van der Waals surface area contributed by atoms with Gasteiger partial charge in [-0.05, 0) is 49.2 Å². The lowest BCUT2D eigenvalue weighted by Gasteiger charge is -2.12. The van der Waals surface area contributed by atoms with Crippen molar-refractivity contribution in [2.45, 2.75) is 13.8 Å². The van der Waals surface area contributed by atoms with Gasteiger partial charge < -0.3 is 15.2 Å². The third-order valence-electron chi connectivity index (χ3n) is 2.95. The average molecular weight is 272 g/mol. The zero-order chi connectivity index (χ0) is 14.7. The van der Waals surface area contributed by atoms with E-state index in [2.05, 4.69) is 4.98 Å². The second kappa shape index (κ2) is 5.61. The van der Waals surface area contributed by atoms with E-state index in [4.69, 9.17) is 15.2 Å². The molecule has 104 valence electrons. The lowest BCUT2D eigenvalue weighted by Crippen LogP contribution is -2.05. The van der Waals surface area contributed by atoms with Crippen molar-refractivity contribution in [1.82, 2.24) is 4.98 Å². The largest absolute Gasteiger partial charge is 0.465 e. The van der Waals surface area contributed by atoms with Crippen molar-refractivity contribution in [2.75, 3.05) is 12.8 Å². The molecule has 2 aromatic rings. The number of ether oxygens (including phenoxy) is 2. The van der Waals surface area contributed by atoms with Crippen LogP contribution >= 0.6 is 0 Å². The molecule has 5 heteroatoms. The Labute approximate surface area is 117 Å². The summed E-state index contributed by atoms with van der Waals surface area (Å²) < 4.78 is 10.4. The van der Waals surface area contributed by atoms with E-state index < -0.39 is 5.97 Å². The number of aryl methyl sites for hydroxylation is 2. The van der Waals surface area contributed by atoms with Crippen molar-refractivity contribution in [3.63, 3.8) is 0 Å². The van der Waals surface area contributed by atoms with Gasteiger partial charge in [-0.15, -0.1) is 0 Å². The summed E-state index contributed by atoms with van der Waals surface area (Å²) in [5, 5.41) is 0. The maximum absolute atomic E-state index is 11.7. The van der Waals surface area contributed by atoms with Crippen LogP contribution in [0.4, 0.5) is 5.69 Å². The van der Waals surface area contributed by atoms with Crippen LogP contribution < -0.4 is 10.5 Å². The first-order valence-electron chi connectivity index (χ1n) is 6.11. The standard InChI is InChI=1S/C15H16N2O3/c1-9-8-13(10(2)7-12(9)16)20-14-11(15(18)19-3)5-4-6-17-14/h4-8H,16H2,1-3H3. The van der Waals surface area contributed by atoms with Crippen LogP contribution in [0.1, 0.15) is 21.5 Å². The molecule has 2 rings (SSSR count). The van der Waals surface area contributed by atoms with Gasteiger partial charge in [0, 0.05) is 11.9 Å².